The van der Waals surface area contributed by atoms with E-state index in [1.54, 1.807) is 12.1 Å². The Balaban J connectivity index is 2.04. The van der Waals surface area contributed by atoms with Gasteiger partial charge in [-0.05, 0) is 24.3 Å². The Bertz CT molecular complexity index is 381. The van der Waals surface area contributed by atoms with Crippen molar-refractivity contribution in [3.05, 3.63) is 28.7 Å². The van der Waals surface area contributed by atoms with Crippen molar-refractivity contribution in [2.75, 3.05) is 25.1 Å². The zero-order valence-corrected chi connectivity index (χ0v) is 10.2. The second kappa shape index (κ2) is 4.53. The zero-order chi connectivity index (χ0) is 11.6. The first-order valence-electron chi connectivity index (χ1n) is 4.92. The van der Waals surface area contributed by atoms with Crippen molar-refractivity contribution in [3.63, 3.8) is 0 Å². The van der Waals surface area contributed by atoms with Crippen LogP contribution in [-0.2, 0) is 9.53 Å². The molecule has 0 aromatic heterocycles. The highest BCUT2D eigenvalue weighted by Gasteiger charge is 2.45. The van der Waals surface area contributed by atoms with Crippen LogP contribution in [0.5, 0.6) is 0 Å². The molecule has 4 nitrogen and oxygen atoms in total. The number of benzene rings is 1. The van der Waals surface area contributed by atoms with Crippen molar-refractivity contribution in [1.82, 2.24) is 0 Å². The van der Waals surface area contributed by atoms with Gasteiger partial charge >= 0.3 is 0 Å². The summed E-state index contributed by atoms with van der Waals surface area (Å²) in [6.07, 6.45) is 0. The van der Waals surface area contributed by atoms with Crippen molar-refractivity contribution < 1.29 is 14.6 Å². The summed E-state index contributed by atoms with van der Waals surface area (Å²) in [6, 6.07) is 7.29. The quantitative estimate of drug-likeness (QED) is 0.883. The van der Waals surface area contributed by atoms with Gasteiger partial charge in [0.1, 0.15) is 5.41 Å². The molecule has 16 heavy (non-hydrogen) atoms. The van der Waals surface area contributed by atoms with Crippen LogP contribution in [-0.4, -0.2) is 30.8 Å². The standard InChI is InChI=1S/C11H12BrNO3/c12-8-1-3-9(4-2-8)13-10(15)11(5-14)6-16-7-11/h1-4,14H,5-7H2,(H,13,15). The van der Waals surface area contributed by atoms with E-state index in [1.165, 1.54) is 0 Å². The van der Waals surface area contributed by atoms with E-state index in [9.17, 15) is 9.90 Å². The van der Waals surface area contributed by atoms with Crippen LogP contribution in [0.1, 0.15) is 0 Å². The summed E-state index contributed by atoms with van der Waals surface area (Å²) in [5.41, 5.74) is -0.0412. The van der Waals surface area contributed by atoms with E-state index in [0.717, 1.165) is 4.47 Å². The molecular weight excluding hydrogens is 274 g/mol. The van der Waals surface area contributed by atoms with Crippen LogP contribution in [0.15, 0.2) is 28.7 Å². The summed E-state index contributed by atoms with van der Waals surface area (Å²) in [5, 5.41) is 11.9. The van der Waals surface area contributed by atoms with Crippen molar-refractivity contribution in [3.8, 4) is 0 Å². The normalized spacial score (nSPS) is 17.6. The lowest BCUT2D eigenvalue weighted by molar-refractivity contribution is -0.164. The molecule has 0 spiro atoms. The molecule has 0 atom stereocenters. The Morgan fingerprint density at radius 1 is 1.44 bits per heavy atom. The molecule has 1 aromatic rings. The third-order valence-corrected chi connectivity index (χ3v) is 3.17. The van der Waals surface area contributed by atoms with Gasteiger partial charge in [-0.2, -0.15) is 0 Å². The molecule has 1 saturated heterocycles. The maximum atomic E-state index is 11.9. The number of ether oxygens (including phenoxy) is 1. The number of carbonyl (C=O) groups is 1. The minimum Gasteiger partial charge on any atom is -0.395 e. The molecular formula is C11H12BrNO3. The fourth-order valence-electron chi connectivity index (χ4n) is 1.44. The van der Waals surface area contributed by atoms with Crippen molar-refractivity contribution in [2.24, 2.45) is 5.41 Å². The topological polar surface area (TPSA) is 58.6 Å². The van der Waals surface area contributed by atoms with Crippen molar-refractivity contribution in [1.29, 1.82) is 0 Å². The monoisotopic (exact) mass is 285 g/mol. The Morgan fingerprint density at radius 3 is 2.50 bits per heavy atom. The number of nitrogens with one attached hydrogen (secondary N) is 1. The van der Waals surface area contributed by atoms with E-state index in [-0.39, 0.29) is 25.7 Å². The van der Waals surface area contributed by atoms with E-state index in [4.69, 9.17) is 4.74 Å². The van der Waals surface area contributed by atoms with E-state index in [1.807, 2.05) is 12.1 Å². The molecule has 0 aliphatic carbocycles. The number of aliphatic hydroxyl groups is 1. The summed E-state index contributed by atoms with van der Waals surface area (Å²) in [7, 11) is 0. The molecule has 2 N–H and O–H groups in total. The highest BCUT2D eigenvalue weighted by atomic mass is 79.9. The molecule has 1 amide bonds. The van der Waals surface area contributed by atoms with Gasteiger partial charge in [0, 0.05) is 10.2 Å². The van der Waals surface area contributed by atoms with E-state index in [2.05, 4.69) is 21.2 Å². The first-order valence-corrected chi connectivity index (χ1v) is 5.71. The molecule has 1 heterocycles. The molecule has 1 fully saturated rings. The molecule has 5 heteroatoms. The van der Waals surface area contributed by atoms with Gasteiger partial charge in [-0.25, -0.2) is 0 Å². The smallest absolute Gasteiger partial charge is 0.237 e. The average Bonchev–Trinajstić information content (AvgIpc) is 2.21. The maximum absolute atomic E-state index is 11.9. The Hall–Kier alpha value is -0.910. The fraction of sp³-hybridized carbons (Fsp3) is 0.364. The lowest BCUT2D eigenvalue weighted by atomic mass is 9.86. The van der Waals surface area contributed by atoms with Gasteiger partial charge in [-0.3, -0.25) is 4.79 Å². The maximum Gasteiger partial charge on any atom is 0.237 e. The van der Waals surface area contributed by atoms with Crippen LogP contribution in [0, 0.1) is 5.41 Å². The minimum atomic E-state index is -0.757. The van der Waals surface area contributed by atoms with Crippen LogP contribution in [0.2, 0.25) is 0 Å². The van der Waals surface area contributed by atoms with Gasteiger partial charge in [0.05, 0.1) is 19.8 Å². The van der Waals surface area contributed by atoms with E-state index in [0.29, 0.717) is 5.69 Å². The third kappa shape index (κ3) is 2.11. The Labute approximate surface area is 102 Å². The molecule has 0 bridgehead atoms. The summed E-state index contributed by atoms with van der Waals surface area (Å²) < 4.78 is 5.93. The second-order valence-electron chi connectivity index (χ2n) is 3.89. The number of carbonyl (C=O) groups excluding carboxylic acids is 1. The molecule has 0 unspecified atom stereocenters. The van der Waals surface area contributed by atoms with Gasteiger partial charge in [-0.1, -0.05) is 15.9 Å². The number of amides is 1. The third-order valence-electron chi connectivity index (χ3n) is 2.64. The van der Waals surface area contributed by atoms with Crippen molar-refractivity contribution >= 4 is 27.5 Å². The number of hydrogen-bond donors (Lipinski definition) is 2. The van der Waals surface area contributed by atoms with E-state index < -0.39 is 5.41 Å². The van der Waals surface area contributed by atoms with Gasteiger partial charge < -0.3 is 15.2 Å². The Morgan fingerprint density at radius 2 is 2.06 bits per heavy atom. The number of anilines is 1. The van der Waals surface area contributed by atoms with Crippen LogP contribution in [0.4, 0.5) is 5.69 Å². The highest BCUT2D eigenvalue weighted by Crippen LogP contribution is 2.28. The fourth-order valence-corrected chi connectivity index (χ4v) is 1.70. The predicted octanol–water partition coefficient (Wildman–Crippen LogP) is 1.40. The summed E-state index contributed by atoms with van der Waals surface area (Å²) >= 11 is 3.32. The number of aliphatic hydroxyl groups excluding tert-OH is 1. The Kier molecular flexibility index (Phi) is 3.28. The van der Waals surface area contributed by atoms with E-state index >= 15 is 0 Å². The van der Waals surface area contributed by atoms with Gasteiger partial charge in [0.2, 0.25) is 5.91 Å². The number of rotatable bonds is 3. The molecule has 86 valence electrons. The minimum absolute atomic E-state index is 0.185. The zero-order valence-electron chi connectivity index (χ0n) is 8.57. The summed E-state index contributed by atoms with van der Waals surface area (Å²) in [6.45, 7) is 0.382. The highest BCUT2D eigenvalue weighted by molar-refractivity contribution is 9.10. The van der Waals surface area contributed by atoms with Crippen LogP contribution in [0.25, 0.3) is 0 Å². The van der Waals surface area contributed by atoms with Crippen LogP contribution < -0.4 is 5.32 Å². The van der Waals surface area contributed by atoms with Crippen LogP contribution >= 0.6 is 15.9 Å². The SMILES string of the molecule is O=C(Nc1ccc(Br)cc1)C1(CO)COC1. The predicted molar refractivity (Wildman–Crippen MR) is 63.1 cm³/mol. The first kappa shape index (κ1) is 11.6. The number of halogens is 1. The second-order valence-corrected chi connectivity index (χ2v) is 4.81. The summed E-state index contributed by atoms with van der Waals surface area (Å²) in [4.78, 5) is 11.9. The lowest BCUT2D eigenvalue weighted by Crippen LogP contribution is -2.54. The van der Waals surface area contributed by atoms with Crippen LogP contribution in [0.3, 0.4) is 0 Å². The average molecular weight is 286 g/mol. The number of hydrogen-bond acceptors (Lipinski definition) is 3. The van der Waals surface area contributed by atoms with Crippen molar-refractivity contribution in [2.45, 2.75) is 0 Å². The van der Waals surface area contributed by atoms with Gasteiger partial charge in [-0.15, -0.1) is 0 Å². The molecule has 0 radical (unpaired) electrons. The molecule has 1 aromatic carbocycles. The molecule has 2 rings (SSSR count). The first-order chi connectivity index (χ1) is 7.66. The lowest BCUT2D eigenvalue weighted by Gasteiger charge is -2.37. The molecule has 1 aliphatic rings. The molecule has 1 aliphatic heterocycles. The largest absolute Gasteiger partial charge is 0.395 e. The molecule has 0 saturated carbocycles. The van der Waals surface area contributed by atoms with Gasteiger partial charge in [0.15, 0.2) is 0 Å². The van der Waals surface area contributed by atoms with Gasteiger partial charge in [0.25, 0.3) is 0 Å². The summed E-state index contributed by atoms with van der Waals surface area (Å²) in [5.74, 6) is -0.191.